The van der Waals surface area contributed by atoms with Crippen molar-refractivity contribution in [3.8, 4) is 11.5 Å². The third kappa shape index (κ3) is 4.71. The molecule has 2 aromatic carbocycles. The molecule has 2 N–H and O–H groups in total. The van der Waals surface area contributed by atoms with Crippen molar-refractivity contribution in [1.29, 1.82) is 0 Å². The molecule has 1 saturated heterocycles. The van der Waals surface area contributed by atoms with E-state index in [2.05, 4.69) is 10.6 Å². The van der Waals surface area contributed by atoms with E-state index in [0.29, 0.717) is 24.3 Å². The highest BCUT2D eigenvalue weighted by molar-refractivity contribution is 6.10. The Morgan fingerprint density at radius 2 is 1.74 bits per heavy atom. The van der Waals surface area contributed by atoms with Crippen molar-refractivity contribution < 1.29 is 19.1 Å². The standard InChI is InChI=1S/C24H27N3O4/c1-17-7-6-8-20(15-17)31-19-11-9-18(10-12-19)25-21(28)16-27-22(29)24(26-23(27)30)13-4-2-3-5-14-24/h6-12,15H,2-5,13-14,16H2,1H3,(H,25,28)(H,26,30). The third-order valence-electron chi connectivity index (χ3n) is 5.87. The third-order valence-corrected chi connectivity index (χ3v) is 5.87. The van der Waals surface area contributed by atoms with Crippen molar-refractivity contribution >= 4 is 23.5 Å². The van der Waals surface area contributed by atoms with E-state index < -0.39 is 17.5 Å². The number of rotatable bonds is 5. The monoisotopic (exact) mass is 421 g/mol. The summed E-state index contributed by atoms with van der Waals surface area (Å²) >= 11 is 0. The molecule has 162 valence electrons. The Labute approximate surface area is 181 Å². The molecule has 2 aromatic rings. The van der Waals surface area contributed by atoms with Crippen LogP contribution in [0.3, 0.4) is 0 Å². The van der Waals surface area contributed by atoms with Crippen LogP contribution in [0.15, 0.2) is 48.5 Å². The maximum Gasteiger partial charge on any atom is 0.325 e. The van der Waals surface area contributed by atoms with Gasteiger partial charge < -0.3 is 15.4 Å². The predicted molar refractivity (Wildman–Crippen MR) is 117 cm³/mol. The molecule has 2 aliphatic rings. The number of carbonyl (C=O) groups excluding carboxylic acids is 3. The molecule has 0 aromatic heterocycles. The summed E-state index contributed by atoms with van der Waals surface area (Å²) in [7, 11) is 0. The van der Waals surface area contributed by atoms with Gasteiger partial charge in [0, 0.05) is 5.69 Å². The molecule has 2 fully saturated rings. The Morgan fingerprint density at radius 1 is 1.03 bits per heavy atom. The van der Waals surface area contributed by atoms with Crippen LogP contribution in [-0.2, 0) is 9.59 Å². The molecule has 1 aliphatic carbocycles. The van der Waals surface area contributed by atoms with Crippen molar-refractivity contribution in [1.82, 2.24) is 10.2 Å². The molecule has 0 radical (unpaired) electrons. The molecular formula is C24H27N3O4. The van der Waals surface area contributed by atoms with Gasteiger partial charge in [0.05, 0.1) is 0 Å². The van der Waals surface area contributed by atoms with Crippen LogP contribution in [0.1, 0.15) is 44.1 Å². The molecule has 31 heavy (non-hydrogen) atoms. The van der Waals surface area contributed by atoms with E-state index in [-0.39, 0.29) is 12.5 Å². The highest BCUT2D eigenvalue weighted by Gasteiger charge is 2.51. The maximum atomic E-state index is 12.9. The van der Waals surface area contributed by atoms with E-state index in [1.54, 1.807) is 24.3 Å². The van der Waals surface area contributed by atoms with Gasteiger partial charge in [0.2, 0.25) is 5.91 Å². The summed E-state index contributed by atoms with van der Waals surface area (Å²) < 4.78 is 5.81. The number of aryl methyl sites for hydroxylation is 1. The number of nitrogens with one attached hydrogen (secondary N) is 2. The normalized spacial score (nSPS) is 17.9. The summed E-state index contributed by atoms with van der Waals surface area (Å²) in [5.41, 5.74) is 0.841. The molecular weight excluding hydrogens is 394 g/mol. The zero-order chi connectivity index (χ0) is 21.8. The second-order valence-corrected chi connectivity index (χ2v) is 8.31. The average Bonchev–Trinajstić information content (AvgIpc) is 2.90. The molecule has 4 rings (SSSR count). The fraction of sp³-hybridized carbons (Fsp3) is 0.375. The molecule has 1 spiro atoms. The van der Waals surface area contributed by atoms with Gasteiger partial charge in [-0.25, -0.2) is 4.79 Å². The topological polar surface area (TPSA) is 87.7 Å². The molecule has 1 heterocycles. The number of carbonyl (C=O) groups is 3. The number of amides is 4. The van der Waals surface area contributed by atoms with E-state index in [9.17, 15) is 14.4 Å². The predicted octanol–water partition coefficient (Wildman–Crippen LogP) is 4.37. The van der Waals surface area contributed by atoms with Crippen LogP contribution in [-0.4, -0.2) is 34.8 Å². The first kappa shape index (κ1) is 20.9. The van der Waals surface area contributed by atoms with Gasteiger partial charge in [-0.1, -0.05) is 37.8 Å². The lowest BCUT2D eigenvalue weighted by Gasteiger charge is -2.24. The van der Waals surface area contributed by atoms with E-state index in [1.165, 1.54) is 0 Å². The largest absolute Gasteiger partial charge is 0.457 e. The molecule has 7 heteroatoms. The molecule has 1 aliphatic heterocycles. The lowest BCUT2D eigenvalue weighted by atomic mass is 9.90. The van der Waals surface area contributed by atoms with Gasteiger partial charge in [0.15, 0.2) is 0 Å². The fourth-order valence-corrected chi connectivity index (χ4v) is 4.26. The first-order valence-electron chi connectivity index (χ1n) is 10.7. The van der Waals surface area contributed by atoms with Gasteiger partial charge in [-0.05, 0) is 61.7 Å². The van der Waals surface area contributed by atoms with Crippen LogP contribution in [0.4, 0.5) is 10.5 Å². The Balaban J connectivity index is 1.35. The minimum Gasteiger partial charge on any atom is -0.457 e. The number of hydrogen-bond donors (Lipinski definition) is 2. The van der Waals surface area contributed by atoms with Crippen LogP contribution in [0.5, 0.6) is 11.5 Å². The number of hydrogen-bond acceptors (Lipinski definition) is 4. The zero-order valence-corrected chi connectivity index (χ0v) is 17.6. The lowest BCUT2D eigenvalue weighted by molar-refractivity contribution is -0.134. The summed E-state index contributed by atoms with van der Waals surface area (Å²) in [5, 5.41) is 5.60. The van der Waals surface area contributed by atoms with Crippen molar-refractivity contribution in [2.45, 2.75) is 51.0 Å². The Bertz CT molecular complexity index is 979. The summed E-state index contributed by atoms with van der Waals surface area (Å²) in [6.45, 7) is 1.70. The smallest absolute Gasteiger partial charge is 0.325 e. The van der Waals surface area contributed by atoms with Crippen LogP contribution in [0, 0.1) is 6.92 Å². The minimum atomic E-state index is -0.831. The second kappa shape index (κ2) is 8.79. The zero-order valence-electron chi connectivity index (χ0n) is 17.6. The highest BCUT2D eigenvalue weighted by atomic mass is 16.5. The highest BCUT2D eigenvalue weighted by Crippen LogP contribution is 2.32. The van der Waals surface area contributed by atoms with Gasteiger partial charge in [-0.3, -0.25) is 14.5 Å². The number of benzene rings is 2. The van der Waals surface area contributed by atoms with Crippen LogP contribution < -0.4 is 15.4 Å². The van der Waals surface area contributed by atoms with Crippen molar-refractivity contribution in [2.75, 3.05) is 11.9 Å². The van der Waals surface area contributed by atoms with E-state index in [1.807, 2.05) is 31.2 Å². The van der Waals surface area contributed by atoms with Crippen molar-refractivity contribution in [3.05, 3.63) is 54.1 Å². The Kier molecular flexibility index (Phi) is 5.93. The number of ether oxygens (including phenoxy) is 1. The Morgan fingerprint density at radius 3 is 2.42 bits per heavy atom. The van der Waals surface area contributed by atoms with Gasteiger partial charge in [-0.15, -0.1) is 0 Å². The molecule has 1 saturated carbocycles. The minimum absolute atomic E-state index is 0.281. The van der Waals surface area contributed by atoms with Gasteiger partial charge in [0.1, 0.15) is 23.6 Å². The van der Waals surface area contributed by atoms with E-state index in [4.69, 9.17) is 4.74 Å². The molecule has 4 amide bonds. The van der Waals surface area contributed by atoms with Crippen molar-refractivity contribution in [3.63, 3.8) is 0 Å². The molecule has 7 nitrogen and oxygen atoms in total. The van der Waals surface area contributed by atoms with Crippen LogP contribution >= 0.6 is 0 Å². The Hall–Kier alpha value is -3.35. The second-order valence-electron chi connectivity index (χ2n) is 8.31. The number of nitrogens with zero attached hydrogens (tertiary/aromatic N) is 1. The fourth-order valence-electron chi connectivity index (χ4n) is 4.26. The summed E-state index contributed by atoms with van der Waals surface area (Å²) in [6.07, 6.45) is 5.21. The van der Waals surface area contributed by atoms with Crippen molar-refractivity contribution in [2.24, 2.45) is 0 Å². The average molecular weight is 421 g/mol. The number of anilines is 1. The van der Waals surface area contributed by atoms with Crippen LogP contribution in [0.25, 0.3) is 0 Å². The summed E-state index contributed by atoms with van der Waals surface area (Å²) in [6, 6.07) is 14.2. The van der Waals surface area contributed by atoms with Gasteiger partial charge in [-0.2, -0.15) is 0 Å². The number of imide groups is 1. The summed E-state index contributed by atoms with van der Waals surface area (Å²) in [5.74, 6) is 0.689. The first-order chi connectivity index (χ1) is 14.9. The van der Waals surface area contributed by atoms with E-state index >= 15 is 0 Å². The maximum absolute atomic E-state index is 12.9. The first-order valence-corrected chi connectivity index (χ1v) is 10.7. The SMILES string of the molecule is Cc1cccc(Oc2ccc(NC(=O)CN3C(=O)NC4(CCCCCC4)C3=O)cc2)c1. The lowest BCUT2D eigenvalue weighted by Crippen LogP contribution is -2.47. The molecule has 0 bridgehead atoms. The summed E-state index contributed by atoms with van der Waals surface area (Å²) in [4.78, 5) is 38.9. The quantitative estimate of drug-likeness (QED) is 0.702. The molecule has 0 atom stereocenters. The van der Waals surface area contributed by atoms with Gasteiger partial charge in [0.25, 0.3) is 5.91 Å². The van der Waals surface area contributed by atoms with Gasteiger partial charge >= 0.3 is 6.03 Å². The number of urea groups is 1. The van der Waals surface area contributed by atoms with Crippen LogP contribution in [0.2, 0.25) is 0 Å². The molecule has 0 unspecified atom stereocenters. The van der Waals surface area contributed by atoms with E-state index in [0.717, 1.165) is 41.9 Å².